The van der Waals surface area contributed by atoms with Crippen LogP contribution in [0.4, 0.5) is 0 Å². The van der Waals surface area contributed by atoms with E-state index in [4.69, 9.17) is 22.2 Å². The maximum absolute atomic E-state index is 12.4. The molecule has 4 N–H and O–H groups in total. The van der Waals surface area contributed by atoms with Gasteiger partial charge >= 0.3 is 0 Å². The number of hydrogen-bond donors (Lipinski definition) is 3. The molecule has 8 nitrogen and oxygen atoms in total. The highest BCUT2D eigenvalue weighted by Gasteiger charge is 2.39. The maximum atomic E-state index is 12.4. The number of halogens is 1. The number of nitrogens with zero attached hydrogens (tertiary/aromatic N) is 1. The summed E-state index contributed by atoms with van der Waals surface area (Å²) in [6.45, 7) is 0.0842. The molecule has 0 aromatic heterocycles. The molecule has 0 saturated carbocycles. The third-order valence-electron chi connectivity index (χ3n) is 3.69. The summed E-state index contributed by atoms with van der Waals surface area (Å²) in [6, 6.07) is 5.12. The quantitative estimate of drug-likeness (QED) is 0.449. The average Bonchev–Trinajstić information content (AvgIpc) is 2.83. The van der Waals surface area contributed by atoms with Gasteiger partial charge in [-0.1, -0.05) is 0 Å². The van der Waals surface area contributed by atoms with Crippen LogP contribution < -0.4 is 20.6 Å². The molecule has 1 aromatic carbocycles. The van der Waals surface area contributed by atoms with Gasteiger partial charge in [-0.15, -0.1) is 0 Å². The lowest BCUT2D eigenvalue weighted by molar-refractivity contribution is -0.129. The van der Waals surface area contributed by atoms with Gasteiger partial charge in [0.1, 0.15) is 11.3 Å². The number of carbonyl (C=O) groups is 3. The molecule has 1 heterocycles. The Morgan fingerprint density at radius 2 is 2.30 bits per heavy atom. The first-order chi connectivity index (χ1) is 10.9. The van der Waals surface area contributed by atoms with Crippen molar-refractivity contribution in [1.82, 2.24) is 15.1 Å². The van der Waals surface area contributed by atoms with Crippen molar-refractivity contribution in [2.45, 2.75) is 12.1 Å². The van der Waals surface area contributed by atoms with Crippen LogP contribution in [-0.2, 0) is 16.1 Å². The first-order valence-electron chi connectivity index (χ1n) is 6.78. The zero-order valence-corrected chi connectivity index (χ0v) is 13.2. The summed E-state index contributed by atoms with van der Waals surface area (Å²) < 4.78 is 5.13. The first kappa shape index (κ1) is 17.2. The number of nitrogens with two attached hydrogens (primary N) is 1. The molecule has 0 aliphatic carbocycles. The molecule has 1 atom stereocenters. The van der Waals surface area contributed by atoms with Gasteiger partial charge in [-0.2, -0.15) is 0 Å². The molecule has 0 spiro atoms. The van der Waals surface area contributed by atoms with E-state index in [1.54, 1.807) is 18.2 Å². The standard InChI is InChI=1S/C14H17ClN4O4/c1-23-10-2-3-11-9(4-10)5-19(12(11)21)7-14(16,6-18-15)13(22)17-8-20/h2-4,8,18H,5-7,16H2,1H3,(H,17,20,22). The molecule has 0 saturated heterocycles. The number of rotatable bonds is 7. The second-order valence-electron chi connectivity index (χ2n) is 5.24. The predicted molar refractivity (Wildman–Crippen MR) is 82.7 cm³/mol. The van der Waals surface area contributed by atoms with Gasteiger partial charge in [-0.05, 0) is 35.5 Å². The number of ether oxygens (including phenoxy) is 1. The molecule has 3 amide bonds. The highest BCUT2D eigenvalue weighted by Crippen LogP contribution is 2.27. The zero-order chi connectivity index (χ0) is 17.0. The van der Waals surface area contributed by atoms with Gasteiger partial charge in [-0.25, -0.2) is 4.84 Å². The largest absolute Gasteiger partial charge is 0.497 e. The van der Waals surface area contributed by atoms with E-state index in [0.29, 0.717) is 17.9 Å². The van der Waals surface area contributed by atoms with Gasteiger partial charge in [-0.3, -0.25) is 19.7 Å². The Kier molecular flexibility index (Phi) is 5.19. The first-order valence-corrected chi connectivity index (χ1v) is 7.16. The lowest BCUT2D eigenvalue weighted by atomic mass is 9.99. The molecule has 0 fully saturated rings. The predicted octanol–water partition coefficient (Wildman–Crippen LogP) is -0.635. The van der Waals surface area contributed by atoms with Crippen LogP contribution in [0.25, 0.3) is 0 Å². The van der Waals surface area contributed by atoms with E-state index in [2.05, 4.69) is 4.84 Å². The van der Waals surface area contributed by atoms with E-state index < -0.39 is 11.4 Å². The molecule has 9 heteroatoms. The number of fused-ring (bicyclic) bond motifs is 1. The Hall–Kier alpha value is -2.16. The van der Waals surface area contributed by atoms with Crippen LogP contribution in [0.15, 0.2) is 18.2 Å². The Morgan fingerprint density at radius 3 is 2.91 bits per heavy atom. The van der Waals surface area contributed by atoms with Crippen LogP contribution >= 0.6 is 11.8 Å². The zero-order valence-electron chi connectivity index (χ0n) is 12.5. The van der Waals surface area contributed by atoms with Gasteiger partial charge in [0, 0.05) is 25.2 Å². The molecule has 1 aliphatic heterocycles. The van der Waals surface area contributed by atoms with Crippen LogP contribution in [0.3, 0.4) is 0 Å². The Labute approximate surface area is 138 Å². The van der Waals surface area contributed by atoms with Crippen LogP contribution in [0, 0.1) is 0 Å². The van der Waals surface area contributed by atoms with E-state index >= 15 is 0 Å². The molecular formula is C14H17ClN4O4. The van der Waals surface area contributed by atoms with Crippen molar-refractivity contribution in [2.75, 3.05) is 20.2 Å². The average molecular weight is 341 g/mol. The van der Waals surface area contributed by atoms with Gasteiger partial charge in [0.2, 0.25) is 12.3 Å². The number of carbonyl (C=O) groups excluding carboxylic acids is 3. The third-order valence-corrected chi connectivity index (χ3v) is 3.82. The summed E-state index contributed by atoms with van der Waals surface area (Å²) in [4.78, 5) is 38.6. The summed E-state index contributed by atoms with van der Waals surface area (Å²) in [5, 5.41) is 2.00. The van der Waals surface area contributed by atoms with E-state index in [9.17, 15) is 14.4 Å². The number of methoxy groups -OCH3 is 1. The molecule has 0 bridgehead atoms. The van der Waals surface area contributed by atoms with E-state index in [1.807, 2.05) is 5.32 Å². The summed E-state index contributed by atoms with van der Waals surface area (Å²) in [5.41, 5.74) is 5.81. The molecule has 124 valence electrons. The highest BCUT2D eigenvalue weighted by molar-refractivity contribution is 6.13. The fraction of sp³-hybridized carbons (Fsp3) is 0.357. The lowest BCUT2D eigenvalue weighted by Crippen LogP contribution is -2.64. The van der Waals surface area contributed by atoms with Crippen LogP contribution in [0.5, 0.6) is 5.75 Å². The molecule has 1 aliphatic rings. The van der Waals surface area contributed by atoms with E-state index in [-0.39, 0.29) is 25.4 Å². The SMILES string of the molecule is COc1ccc2c(c1)CN(CC(N)(CNCl)C(=O)NC=O)C2=O. The summed E-state index contributed by atoms with van der Waals surface area (Å²) in [6.07, 6.45) is 0.240. The Morgan fingerprint density at radius 1 is 1.57 bits per heavy atom. The van der Waals surface area contributed by atoms with E-state index in [0.717, 1.165) is 5.56 Å². The maximum Gasteiger partial charge on any atom is 0.254 e. The van der Waals surface area contributed by atoms with Crippen molar-refractivity contribution < 1.29 is 19.1 Å². The molecule has 1 unspecified atom stereocenters. The van der Waals surface area contributed by atoms with Crippen LogP contribution in [-0.4, -0.2) is 48.9 Å². The van der Waals surface area contributed by atoms with Crippen molar-refractivity contribution >= 4 is 30.0 Å². The molecule has 23 heavy (non-hydrogen) atoms. The number of nitrogens with one attached hydrogen (secondary N) is 2. The minimum atomic E-state index is -1.54. The smallest absolute Gasteiger partial charge is 0.254 e. The topological polar surface area (TPSA) is 114 Å². The Balaban J connectivity index is 2.20. The van der Waals surface area contributed by atoms with Crippen molar-refractivity contribution in [2.24, 2.45) is 5.73 Å². The number of hydrogen-bond acceptors (Lipinski definition) is 6. The van der Waals surface area contributed by atoms with Gasteiger partial charge in [0.25, 0.3) is 5.91 Å². The molecular weight excluding hydrogens is 324 g/mol. The molecule has 1 aromatic rings. The second kappa shape index (κ2) is 6.95. The monoisotopic (exact) mass is 340 g/mol. The summed E-state index contributed by atoms with van der Waals surface area (Å²) in [7, 11) is 1.54. The van der Waals surface area contributed by atoms with Gasteiger partial charge in [0.15, 0.2) is 0 Å². The summed E-state index contributed by atoms with van der Waals surface area (Å²) >= 11 is 5.46. The molecule has 0 radical (unpaired) electrons. The third kappa shape index (κ3) is 3.44. The van der Waals surface area contributed by atoms with Crippen LogP contribution in [0.2, 0.25) is 0 Å². The minimum absolute atomic E-state index is 0.0950. The van der Waals surface area contributed by atoms with Gasteiger partial charge < -0.3 is 15.4 Å². The number of benzene rings is 1. The molecule has 2 rings (SSSR count). The lowest BCUT2D eigenvalue weighted by Gasteiger charge is -2.31. The van der Waals surface area contributed by atoms with Crippen molar-refractivity contribution in [3.63, 3.8) is 0 Å². The normalized spacial score (nSPS) is 15.8. The second-order valence-corrected chi connectivity index (χ2v) is 5.51. The minimum Gasteiger partial charge on any atom is -0.497 e. The van der Waals surface area contributed by atoms with Crippen molar-refractivity contribution in [1.29, 1.82) is 0 Å². The van der Waals surface area contributed by atoms with Crippen LogP contribution in [0.1, 0.15) is 15.9 Å². The van der Waals surface area contributed by atoms with Crippen molar-refractivity contribution in [3.8, 4) is 5.75 Å². The number of imide groups is 1. The number of amides is 3. The van der Waals surface area contributed by atoms with E-state index in [1.165, 1.54) is 12.0 Å². The van der Waals surface area contributed by atoms with Crippen molar-refractivity contribution in [3.05, 3.63) is 29.3 Å². The van der Waals surface area contributed by atoms with Gasteiger partial charge in [0.05, 0.1) is 7.11 Å². The highest BCUT2D eigenvalue weighted by atomic mass is 35.5. The fourth-order valence-corrected chi connectivity index (χ4v) is 2.72. The Bertz CT molecular complexity index is 639. The fourth-order valence-electron chi connectivity index (χ4n) is 2.48. The summed E-state index contributed by atoms with van der Waals surface area (Å²) in [5.74, 6) is -0.327.